The van der Waals surface area contributed by atoms with Gasteiger partial charge in [-0.15, -0.1) is 0 Å². The first-order valence-electron chi connectivity index (χ1n) is 11.0. The number of carbonyl (C=O) groups excluding carboxylic acids is 1. The van der Waals surface area contributed by atoms with Crippen LogP contribution in [0.15, 0.2) is 83.4 Å². The van der Waals surface area contributed by atoms with Crippen LogP contribution < -0.4 is 5.32 Å². The number of nitrogens with one attached hydrogen (secondary N) is 2. The molecule has 0 bridgehead atoms. The molecular formula is C27H22N4O2. The van der Waals surface area contributed by atoms with E-state index in [1.54, 1.807) is 6.20 Å². The summed E-state index contributed by atoms with van der Waals surface area (Å²) in [5, 5.41) is 10.4. The van der Waals surface area contributed by atoms with E-state index in [0.29, 0.717) is 5.89 Å². The van der Waals surface area contributed by atoms with E-state index in [1.807, 2.05) is 79.7 Å². The molecule has 0 spiro atoms. The number of hydrogen-bond acceptors (Lipinski definition) is 4. The molecule has 33 heavy (non-hydrogen) atoms. The number of para-hydroxylation sites is 1. The molecular weight excluding hydrogens is 412 g/mol. The van der Waals surface area contributed by atoms with Crippen LogP contribution in [0.2, 0.25) is 0 Å². The number of aromatic nitrogens is 3. The van der Waals surface area contributed by atoms with E-state index in [4.69, 9.17) is 4.42 Å². The minimum Gasteiger partial charge on any atom is -0.436 e. The number of H-pyrrole nitrogens is 1. The van der Waals surface area contributed by atoms with Gasteiger partial charge in [0, 0.05) is 11.3 Å². The van der Waals surface area contributed by atoms with E-state index >= 15 is 0 Å². The molecule has 6 heteroatoms. The Kier molecular flexibility index (Phi) is 4.40. The zero-order valence-corrected chi connectivity index (χ0v) is 18.1. The van der Waals surface area contributed by atoms with Crippen molar-refractivity contribution in [3.05, 3.63) is 90.1 Å². The molecule has 0 unspecified atom stereocenters. The number of amides is 1. The maximum atomic E-state index is 13.0. The number of nitrogens with zero attached hydrogens (tertiary/aromatic N) is 2. The van der Waals surface area contributed by atoms with Gasteiger partial charge in [-0.1, -0.05) is 54.6 Å². The van der Waals surface area contributed by atoms with Crippen LogP contribution in [-0.4, -0.2) is 21.1 Å². The van der Waals surface area contributed by atoms with Gasteiger partial charge in [-0.2, -0.15) is 5.10 Å². The standard InChI is InChI=1S/C27H22N4O2/c1-17-6-5-9-22-23(17)30-25(33-22)21-16-28-31-24(21)18-10-12-20(13-11-18)29-26(32)27(14-15-27)19-7-3-2-4-8-19/h2-13,16H,14-15H2,1H3,(H,28,31)(H,29,32). The molecule has 5 aromatic rings. The molecule has 3 aromatic carbocycles. The van der Waals surface area contributed by atoms with Gasteiger partial charge in [0.2, 0.25) is 11.8 Å². The Bertz CT molecular complexity index is 1460. The van der Waals surface area contributed by atoms with Crippen LogP contribution in [0.5, 0.6) is 0 Å². The lowest BCUT2D eigenvalue weighted by Gasteiger charge is -2.16. The lowest BCUT2D eigenvalue weighted by molar-refractivity contribution is -0.118. The number of anilines is 1. The van der Waals surface area contributed by atoms with Crippen LogP contribution in [0, 0.1) is 6.92 Å². The van der Waals surface area contributed by atoms with Crippen LogP contribution in [-0.2, 0) is 10.2 Å². The second kappa shape index (κ2) is 7.45. The molecule has 1 aliphatic carbocycles. The SMILES string of the molecule is Cc1cccc2oc(-c3cn[nH]c3-c3ccc(NC(=O)C4(c5ccccc5)CC4)cc3)nc12. The summed E-state index contributed by atoms with van der Waals surface area (Å²) in [6, 6.07) is 23.6. The molecule has 2 N–H and O–H groups in total. The van der Waals surface area contributed by atoms with Crippen molar-refractivity contribution in [1.82, 2.24) is 15.2 Å². The first-order chi connectivity index (χ1) is 16.1. The summed E-state index contributed by atoms with van der Waals surface area (Å²) in [6.45, 7) is 2.02. The lowest BCUT2D eigenvalue weighted by Crippen LogP contribution is -2.27. The summed E-state index contributed by atoms with van der Waals surface area (Å²) in [6.07, 6.45) is 3.48. The number of oxazole rings is 1. The molecule has 1 fully saturated rings. The van der Waals surface area contributed by atoms with Gasteiger partial charge in [-0.3, -0.25) is 9.89 Å². The van der Waals surface area contributed by atoms with Gasteiger partial charge in [0.1, 0.15) is 5.52 Å². The molecule has 6 rings (SSSR count). The molecule has 6 nitrogen and oxygen atoms in total. The fourth-order valence-electron chi connectivity index (χ4n) is 4.37. The summed E-state index contributed by atoms with van der Waals surface area (Å²) in [4.78, 5) is 17.7. The molecule has 0 saturated heterocycles. The number of fused-ring (bicyclic) bond motifs is 1. The summed E-state index contributed by atoms with van der Waals surface area (Å²) in [5.41, 5.74) is 6.66. The van der Waals surface area contributed by atoms with E-state index < -0.39 is 5.41 Å². The van der Waals surface area contributed by atoms with Crippen LogP contribution in [0.1, 0.15) is 24.0 Å². The molecule has 2 aromatic heterocycles. The molecule has 1 aliphatic rings. The number of aromatic amines is 1. The zero-order valence-electron chi connectivity index (χ0n) is 18.1. The highest BCUT2D eigenvalue weighted by molar-refractivity contribution is 6.01. The maximum absolute atomic E-state index is 13.0. The molecule has 0 aliphatic heterocycles. The minimum absolute atomic E-state index is 0.0468. The van der Waals surface area contributed by atoms with E-state index in [0.717, 1.165) is 57.6 Å². The second-order valence-electron chi connectivity index (χ2n) is 8.58. The Balaban J connectivity index is 1.25. The van der Waals surface area contributed by atoms with E-state index in [1.165, 1.54) is 0 Å². The highest BCUT2D eigenvalue weighted by Crippen LogP contribution is 2.49. The smallest absolute Gasteiger partial charge is 0.235 e. The highest BCUT2D eigenvalue weighted by Gasteiger charge is 2.51. The molecule has 1 amide bonds. The van der Waals surface area contributed by atoms with Crippen LogP contribution >= 0.6 is 0 Å². The van der Waals surface area contributed by atoms with E-state index in [-0.39, 0.29) is 5.91 Å². The molecule has 0 radical (unpaired) electrons. The Hall–Kier alpha value is -4.19. The highest BCUT2D eigenvalue weighted by atomic mass is 16.3. The number of carbonyl (C=O) groups is 1. The van der Waals surface area contributed by atoms with Crippen LogP contribution in [0.3, 0.4) is 0 Å². The van der Waals surface area contributed by atoms with Crippen molar-refractivity contribution in [2.24, 2.45) is 0 Å². The predicted molar refractivity (Wildman–Crippen MR) is 128 cm³/mol. The Morgan fingerprint density at radius 3 is 2.52 bits per heavy atom. The second-order valence-corrected chi connectivity index (χ2v) is 8.58. The van der Waals surface area contributed by atoms with Crippen LogP contribution in [0.25, 0.3) is 33.8 Å². The van der Waals surface area contributed by atoms with Crippen molar-refractivity contribution in [3.8, 4) is 22.7 Å². The van der Waals surface area contributed by atoms with Crippen molar-refractivity contribution in [2.75, 3.05) is 5.32 Å². The van der Waals surface area contributed by atoms with Gasteiger partial charge < -0.3 is 9.73 Å². The summed E-state index contributed by atoms with van der Waals surface area (Å²) in [5.74, 6) is 0.574. The fraction of sp³-hybridized carbons (Fsp3) is 0.148. The van der Waals surface area contributed by atoms with Crippen molar-refractivity contribution < 1.29 is 9.21 Å². The summed E-state index contributed by atoms with van der Waals surface area (Å²) < 4.78 is 5.99. The van der Waals surface area contributed by atoms with Gasteiger partial charge in [0.25, 0.3) is 0 Å². The Morgan fingerprint density at radius 2 is 1.79 bits per heavy atom. The quantitative estimate of drug-likeness (QED) is 0.363. The number of rotatable bonds is 5. The topological polar surface area (TPSA) is 83.8 Å². The molecule has 0 atom stereocenters. The lowest BCUT2D eigenvalue weighted by atomic mass is 9.95. The van der Waals surface area contributed by atoms with Gasteiger partial charge in [0.15, 0.2) is 5.58 Å². The molecule has 162 valence electrons. The van der Waals surface area contributed by atoms with Crippen molar-refractivity contribution >= 4 is 22.7 Å². The first-order valence-corrected chi connectivity index (χ1v) is 11.0. The largest absolute Gasteiger partial charge is 0.436 e. The number of aryl methyl sites for hydroxylation is 1. The van der Waals surface area contributed by atoms with Crippen molar-refractivity contribution in [1.29, 1.82) is 0 Å². The third kappa shape index (κ3) is 3.31. The van der Waals surface area contributed by atoms with Gasteiger partial charge >= 0.3 is 0 Å². The fourth-order valence-corrected chi connectivity index (χ4v) is 4.37. The zero-order chi connectivity index (χ0) is 22.4. The molecule has 1 saturated carbocycles. The van der Waals surface area contributed by atoms with Gasteiger partial charge in [0.05, 0.1) is 22.9 Å². The average Bonchev–Trinajstić information content (AvgIpc) is 3.30. The van der Waals surface area contributed by atoms with Crippen LogP contribution in [0.4, 0.5) is 5.69 Å². The third-order valence-corrected chi connectivity index (χ3v) is 6.43. The van der Waals surface area contributed by atoms with Crippen molar-refractivity contribution in [3.63, 3.8) is 0 Å². The first kappa shape index (κ1) is 19.5. The Morgan fingerprint density at radius 1 is 1.00 bits per heavy atom. The monoisotopic (exact) mass is 434 g/mol. The molecule has 2 heterocycles. The summed E-state index contributed by atoms with van der Waals surface area (Å²) >= 11 is 0. The normalized spacial score (nSPS) is 14.3. The average molecular weight is 434 g/mol. The van der Waals surface area contributed by atoms with E-state index in [2.05, 4.69) is 20.5 Å². The van der Waals surface area contributed by atoms with Crippen molar-refractivity contribution in [2.45, 2.75) is 25.2 Å². The third-order valence-electron chi connectivity index (χ3n) is 6.43. The van der Waals surface area contributed by atoms with E-state index in [9.17, 15) is 4.79 Å². The van der Waals surface area contributed by atoms with Gasteiger partial charge in [-0.05, 0) is 49.1 Å². The number of benzene rings is 3. The van der Waals surface area contributed by atoms with Gasteiger partial charge in [-0.25, -0.2) is 4.98 Å². The predicted octanol–water partition coefficient (Wildman–Crippen LogP) is 5.86. The number of hydrogen-bond donors (Lipinski definition) is 2. The minimum atomic E-state index is -0.401. The maximum Gasteiger partial charge on any atom is 0.235 e. The summed E-state index contributed by atoms with van der Waals surface area (Å²) in [7, 11) is 0. The Labute approximate surface area is 190 Å².